The second-order valence-electron chi connectivity index (χ2n) is 6.78. The molecule has 1 atom stereocenters. The first kappa shape index (κ1) is 16.5. The van der Waals surface area contributed by atoms with Crippen molar-refractivity contribution in [2.24, 2.45) is 5.92 Å². The molecule has 126 valence electrons. The highest BCUT2D eigenvalue weighted by Crippen LogP contribution is 2.22. The van der Waals surface area contributed by atoms with Gasteiger partial charge in [0.05, 0.1) is 19.3 Å². The number of carbonyl (C=O) groups excluding carboxylic acids is 1. The lowest BCUT2D eigenvalue weighted by Crippen LogP contribution is -2.52. The third kappa shape index (κ3) is 4.33. The molecule has 2 aliphatic rings. The highest BCUT2D eigenvalue weighted by Gasteiger charge is 2.29. The lowest BCUT2D eigenvalue weighted by atomic mass is 9.90. The van der Waals surface area contributed by atoms with Crippen LogP contribution in [0.3, 0.4) is 0 Å². The molecule has 0 spiro atoms. The molecule has 3 rings (SSSR count). The Bertz CT molecular complexity index is 491. The molecule has 23 heavy (non-hydrogen) atoms. The molecule has 1 amide bonds. The molecule has 0 aromatic heterocycles. The number of rotatable bonds is 4. The van der Waals surface area contributed by atoms with Gasteiger partial charge in [-0.2, -0.15) is 0 Å². The first-order valence-corrected chi connectivity index (χ1v) is 8.88. The average Bonchev–Trinajstić information content (AvgIpc) is 2.63. The summed E-state index contributed by atoms with van der Waals surface area (Å²) in [5.41, 5.74) is 1.42. The largest absolute Gasteiger partial charge is 0.379 e. The Kier molecular flexibility index (Phi) is 5.68. The van der Waals surface area contributed by atoms with Crippen LogP contribution in [-0.2, 0) is 16.0 Å². The number of likely N-dealkylation sites (tertiary alicyclic amines) is 1. The SMILES string of the molecule is CC(C(=O)N1CCC(Cc2ccccc2)CC1)N1CCOCC1. The van der Waals surface area contributed by atoms with Gasteiger partial charge < -0.3 is 9.64 Å². The van der Waals surface area contributed by atoms with Gasteiger partial charge in [-0.3, -0.25) is 9.69 Å². The van der Waals surface area contributed by atoms with E-state index in [1.54, 1.807) is 0 Å². The molecular formula is C19H28N2O2. The van der Waals surface area contributed by atoms with Crippen molar-refractivity contribution in [1.82, 2.24) is 9.80 Å². The number of amides is 1. The predicted octanol–water partition coefficient (Wildman–Crippen LogP) is 2.19. The number of ether oxygens (including phenoxy) is 1. The van der Waals surface area contributed by atoms with Crippen LogP contribution in [0.1, 0.15) is 25.3 Å². The molecule has 2 heterocycles. The maximum atomic E-state index is 12.7. The fourth-order valence-corrected chi connectivity index (χ4v) is 3.69. The van der Waals surface area contributed by atoms with Crippen molar-refractivity contribution in [3.63, 3.8) is 0 Å². The van der Waals surface area contributed by atoms with E-state index in [9.17, 15) is 4.79 Å². The van der Waals surface area contributed by atoms with Crippen molar-refractivity contribution < 1.29 is 9.53 Å². The summed E-state index contributed by atoms with van der Waals surface area (Å²) in [6.07, 6.45) is 3.38. The first-order valence-electron chi connectivity index (χ1n) is 8.88. The molecular weight excluding hydrogens is 288 g/mol. The van der Waals surface area contributed by atoms with Crippen molar-refractivity contribution in [2.45, 2.75) is 32.2 Å². The number of piperidine rings is 1. The van der Waals surface area contributed by atoms with Crippen LogP contribution in [0.4, 0.5) is 0 Å². The van der Waals surface area contributed by atoms with Crippen LogP contribution in [0.25, 0.3) is 0 Å². The summed E-state index contributed by atoms with van der Waals surface area (Å²) in [4.78, 5) is 17.0. The number of nitrogens with zero attached hydrogens (tertiary/aromatic N) is 2. The molecule has 1 aromatic carbocycles. The zero-order chi connectivity index (χ0) is 16.1. The van der Waals surface area contributed by atoms with E-state index in [-0.39, 0.29) is 6.04 Å². The maximum absolute atomic E-state index is 12.7. The van der Waals surface area contributed by atoms with Crippen LogP contribution < -0.4 is 0 Å². The van der Waals surface area contributed by atoms with Gasteiger partial charge in [-0.05, 0) is 37.7 Å². The minimum absolute atomic E-state index is 0.00965. The Morgan fingerprint density at radius 1 is 1.13 bits per heavy atom. The third-order valence-electron chi connectivity index (χ3n) is 5.24. The van der Waals surface area contributed by atoms with Crippen LogP contribution >= 0.6 is 0 Å². The topological polar surface area (TPSA) is 32.8 Å². The van der Waals surface area contributed by atoms with E-state index in [0.29, 0.717) is 11.8 Å². The van der Waals surface area contributed by atoms with E-state index in [0.717, 1.165) is 58.7 Å². The summed E-state index contributed by atoms with van der Waals surface area (Å²) in [7, 11) is 0. The van der Waals surface area contributed by atoms with E-state index in [1.807, 2.05) is 6.92 Å². The summed E-state index contributed by atoms with van der Waals surface area (Å²) >= 11 is 0. The molecule has 0 aliphatic carbocycles. The van der Waals surface area contributed by atoms with E-state index in [2.05, 4.69) is 40.1 Å². The Balaban J connectivity index is 1.47. The van der Waals surface area contributed by atoms with Gasteiger partial charge in [0.15, 0.2) is 0 Å². The minimum Gasteiger partial charge on any atom is -0.379 e. The first-order chi connectivity index (χ1) is 11.2. The second-order valence-corrected chi connectivity index (χ2v) is 6.78. The smallest absolute Gasteiger partial charge is 0.239 e. The summed E-state index contributed by atoms with van der Waals surface area (Å²) in [6.45, 7) is 7.10. The van der Waals surface area contributed by atoms with Crippen LogP contribution in [-0.4, -0.2) is 61.1 Å². The average molecular weight is 316 g/mol. The van der Waals surface area contributed by atoms with Crippen LogP contribution in [0.2, 0.25) is 0 Å². The third-order valence-corrected chi connectivity index (χ3v) is 5.24. The van der Waals surface area contributed by atoms with Gasteiger partial charge in [-0.25, -0.2) is 0 Å². The Hall–Kier alpha value is -1.39. The zero-order valence-corrected chi connectivity index (χ0v) is 14.1. The van der Waals surface area contributed by atoms with Crippen molar-refractivity contribution >= 4 is 5.91 Å². The van der Waals surface area contributed by atoms with Crippen molar-refractivity contribution in [3.05, 3.63) is 35.9 Å². The summed E-state index contributed by atoms with van der Waals surface area (Å²) in [6, 6.07) is 10.7. The number of hydrogen-bond acceptors (Lipinski definition) is 3. The monoisotopic (exact) mass is 316 g/mol. The number of benzene rings is 1. The highest BCUT2D eigenvalue weighted by molar-refractivity contribution is 5.81. The van der Waals surface area contributed by atoms with Crippen LogP contribution in [0.15, 0.2) is 30.3 Å². The van der Waals surface area contributed by atoms with Gasteiger partial charge in [0.1, 0.15) is 0 Å². The number of hydrogen-bond donors (Lipinski definition) is 0. The minimum atomic E-state index is -0.00965. The fraction of sp³-hybridized carbons (Fsp3) is 0.632. The summed E-state index contributed by atoms with van der Waals surface area (Å²) < 4.78 is 5.38. The van der Waals surface area contributed by atoms with Gasteiger partial charge in [0.25, 0.3) is 0 Å². The molecule has 2 aliphatic heterocycles. The van der Waals surface area contributed by atoms with Crippen molar-refractivity contribution in [1.29, 1.82) is 0 Å². The lowest BCUT2D eigenvalue weighted by molar-refractivity contribution is -0.139. The maximum Gasteiger partial charge on any atom is 0.239 e. The van der Waals surface area contributed by atoms with Crippen LogP contribution in [0, 0.1) is 5.92 Å². The number of morpholine rings is 1. The van der Waals surface area contributed by atoms with Gasteiger partial charge in [-0.1, -0.05) is 30.3 Å². The molecule has 4 heteroatoms. The molecule has 2 saturated heterocycles. The Labute approximate surface area is 139 Å². The predicted molar refractivity (Wildman–Crippen MR) is 91.3 cm³/mol. The van der Waals surface area contributed by atoms with Gasteiger partial charge >= 0.3 is 0 Å². The molecule has 1 aromatic rings. The lowest BCUT2D eigenvalue weighted by Gasteiger charge is -2.37. The molecule has 0 bridgehead atoms. The molecule has 0 N–H and O–H groups in total. The van der Waals surface area contributed by atoms with E-state index >= 15 is 0 Å². The van der Waals surface area contributed by atoms with E-state index < -0.39 is 0 Å². The summed E-state index contributed by atoms with van der Waals surface area (Å²) in [5.74, 6) is 1.00. The van der Waals surface area contributed by atoms with E-state index in [1.165, 1.54) is 5.56 Å². The zero-order valence-electron chi connectivity index (χ0n) is 14.1. The normalized spacial score (nSPS) is 22.0. The van der Waals surface area contributed by atoms with Crippen molar-refractivity contribution in [3.8, 4) is 0 Å². The molecule has 0 saturated carbocycles. The van der Waals surface area contributed by atoms with Crippen molar-refractivity contribution in [2.75, 3.05) is 39.4 Å². The fourth-order valence-electron chi connectivity index (χ4n) is 3.69. The highest BCUT2D eigenvalue weighted by atomic mass is 16.5. The molecule has 1 unspecified atom stereocenters. The van der Waals surface area contributed by atoms with Gasteiger partial charge in [0, 0.05) is 26.2 Å². The number of carbonyl (C=O) groups is 1. The Morgan fingerprint density at radius 2 is 1.78 bits per heavy atom. The van der Waals surface area contributed by atoms with E-state index in [4.69, 9.17) is 4.74 Å². The Morgan fingerprint density at radius 3 is 2.43 bits per heavy atom. The standard InChI is InChI=1S/C19H28N2O2/c1-16(20-11-13-23-14-12-20)19(22)21-9-7-18(8-10-21)15-17-5-3-2-4-6-17/h2-6,16,18H,7-15H2,1H3. The van der Waals surface area contributed by atoms with Gasteiger partial charge in [-0.15, -0.1) is 0 Å². The van der Waals surface area contributed by atoms with Gasteiger partial charge in [0.2, 0.25) is 5.91 Å². The summed E-state index contributed by atoms with van der Waals surface area (Å²) in [5, 5.41) is 0. The molecule has 2 fully saturated rings. The quantitative estimate of drug-likeness (QED) is 0.853. The molecule has 4 nitrogen and oxygen atoms in total. The van der Waals surface area contributed by atoms with Crippen LogP contribution in [0.5, 0.6) is 0 Å². The second kappa shape index (κ2) is 7.93. The molecule has 0 radical (unpaired) electrons.